The van der Waals surface area contributed by atoms with Crippen molar-refractivity contribution in [2.75, 3.05) is 13.4 Å². The molecule has 0 aromatic heterocycles. The highest BCUT2D eigenvalue weighted by Crippen LogP contribution is 2.48. The van der Waals surface area contributed by atoms with Gasteiger partial charge in [-0.15, -0.1) is 0 Å². The summed E-state index contributed by atoms with van der Waals surface area (Å²) in [4.78, 5) is 30.5. The topological polar surface area (TPSA) is 74.2 Å². The molecule has 1 aromatic carbocycles. The first-order chi connectivity index (χ1) is 13.5. The Hall–Kier alpha value is -2.15. The molecule has 1 aliphatic carbocycles. The molecule has 1 unspecified atom stereocenters. The van der Waals surface area contributed by atoms with Crippen LogP contribution in [0.15, 0.2) is 32.9 Å². The van der Waals surface area contributed by atoms with E-state index in [0.717, 1.165) is 35.0 Å². The van der Waals surface area contributed by atoms with E-state index >= 15 is 0 Å². The third-order valence-electron chi connectivity index (χ3n) is 5.36. The lowest BCUT2D eigenvalue weighted by Crippen LogP contribution is -2.37. The van der Waals surface area contributed by atoms with Crippen molar-refractivity contribution >= 4 is 33.4 Å². The molecule has 0 fully saturated rings. The van der Waals surface area contributed by atoms with Crippen LogP contribution in [-0.4, -0.2) is 30.9 Å². The third kappa shape index (κ3) is 3.26. The first-order valence-electron chi connectivity index (χ1n) is 9.58. The van der Waals surface area contributed by atoms with Crippen LogP contribution in [-0.2, 0) is 14.3 Å². The minimum Gasteiger partial charge on any atom is -0.465 e. The summed E-state index contributed by atoms with van der Waals surface area (Å²) >= 11 is 3.61. The van der Waals surface area contributed by atoms with Gasteiger partial charge in [0.05, 0.1) is 6.61 Å². The fourth-order valence-corrected chi connectivity index (χ4v) is 4.68. The summed E-state index contributed by atoms with van der Waals surface area (Å²) in [7, 11) is 0. The number of carbonyl (C=O) groups excluding carboxylic acids is 2. The van der Waals surface area contributed by atoms with Gasteiger partial charge in [0.2, 0.25) is 6.79 Å². The van der Waals surface area contributed by atoms with E-state index in [0.29, 0.717) is 35.8 Å². The molecule has 0 spiro atoms. The van der Waals surface area contributed by atoms with Crippen LogP contribution >= 0.6 is 15.9 Å². The van der Waals surface area contributed by atoms with Gasteiger partial charge in [-0.3, -0.25) is 14.6 Å². The molecule has 0 saturated carbocycles. The van der Waals surface area contributed by atoms with Gasteiger partial charge in [0, 0.05) is 33.8 Å². The van der Waals surface area contributed by atoms with E-state index in [1.54, 1.807) is 0 Å². The number of carbonyl (C=O) groups is 2. The van der Waals surface area contributed by atoms with Crippen molar-refractivity contribution in [3.8, 4) is 11.5 Å². The van der Waals surface area contributed by atoms with E-state index in [1.165, 1.54) is 0 Å². The highest BCUT2D eigenvalue weighted by molar-refractivity contribution is 9.10. The van der Waals surface area contributed by atoms with Crippen LogP contribution in [0.4, 0.5) is 0 Å². The summed E-state index contributed by atoms with van der Waals surface area (Å²) in [5, 5.41) is 0. The van der Waals surface area contributed by atoms with Crippen molar-refractivity contribution in [3.63, 3.8) is 0 Å². The number of allylic oxidation sites excluding steroid dienone is 2. The lowest BCUT2D eigenvalue weighted by Gasteiger charge is -2.35. The summed E-state index contributed by atoms with van der Waals surface area (Å²) in [5.41, 5.74) is 2.93. The molecule has 2 heterocycles. The minimum atomic E-state index is -0.635. The average Bonchev–Trinajstić information content (AvgIpc) is 3.11. The smallest absolute Gasteiger partial charge is 0.315 e. The SMILES string of the molecule is CCCOC(=O)C1C(C)=NC2=C(C(=O)CCC2)[C@@H]1c1cc2c(cc1Br)OCO2. The van der Waals surface area contributed by atoms with Crippen LogP contribution in [0.2, 0.25) is 0 Å². The third-order valence-corrected chi connectivity index (χ3v) is 6.05. The van der Waals surface area contributed by atoms with Crippen LogP contribution in [0, 0.1) is 5.92 Å². The van der Waals surface area contributed by atoms with Gasteiger partial charge >= 0.3 is 5.97 Å². The molecular weight excluding hydrogens is 426 g/mol. The Morgan fingerprint density at radius 1 is 1.29 bits per heavy atom. The number of rotatable bonds is 4. The molecule has 148 valence electrons. The van der Waals surface area contributed by atoms with Gasteiger partial charge in [-0.2, -0.15) is 0 Å². The van der Waals surface area contributed by atoms with Gasteiger partial charge in [0.25, 0.3) is 0 Å². The van der Waals surface area contributed by atoms with E-state index in [-0.39, 0.29) is 18.5 Å². The van der Waals surface area contributed by atoms with Crippen LogP contribution in [0.3, 0.4) is 0 Å². The zero-order valence-electron chi connectivity index (χ0n) is 15.9. The predicted molar refractivity (Wildman–Crippen MR) is 107 cm³/mol. The molecule has 4 rings (SSSR count). The molecule has 0 amide bonds. The second kappa shape index (κ2) is 7.70. The summed E-state index contributed by atoms with van der Waals surface area (Å²) < 4.78 is 17.2. The average molecular weight is 448 g/mol. The van der Waals surface area contributed by atoms with Crippen LogP contribution in [0.25, 0.3) is 0 Å². The molecule has 2 aliphatic heterocycles. The summed E-state index contributed by atoms with van der Waals surface area (Å²) in [5.74, 6) is -0.115. The first kappa shape index (κ1) is 19.2. The lowest BCUT2D eigenvalue weighted by atomic mass is 9.71. The van der Waals surface area contributed by atoms with Gasteiger partial charge in [-0.25, -0.2) is 0 Å². The number of fused-ring (bicyclic) bond motifs is 1. The summed E-state index contributed by atoms with van der Waals surface area (Å²) in [6, 6.07) is 3.70. The Kier molecular flexibility index (Phi) is 5.27. The fourth-order valence-electron chi connectivity index (χ4n) is 4.11. The van der Waals surface area contributed by atoms with Gasteiger partial charge in [0.1, 0.15) is 5.92 Å². The van der Waals surface area contributed by atoms with E-state index < -0.39 is 11.8 Å². The molecule has 6 nitrogen and oxygen atoms in total. The Labute approximate surface area is 172 Å². The standard InChI is InChI=1S/C21H22BrNO5/c1-3-7-26-21(25)18-11(2)23-14-5-4-6-15(24)20(14)19(18)12-8-16-17(9-13(12)22)28-10-27-16/h8-9,18-19H,3-7,10H2,1-2H3/t18?,19-/m1/s1. The van der Waals surface area contributed by atoms with E-state index in [1.807, 2.05) is 26.0 Å². The number of ketones is 1. The Balaban J connectivity index is 1.86. The zero-order chi connectivity index (χ0) is 19.8. The van der Waals surface area contributed by atoms with Gasteiger partial charge < -0.3 is 14.2 Å². The number of ether oxygens (including phenoxy) is 3. The maximum atomic E-state index is 13.0. The molecule has 1 aromatic rings. The zero-order valence-corrected chi connectivity index (χ0v) is 17.5. The number of aliphatic imine (C=N–C) groups is 1. The van der Waals surface area contributed by atoms with Crippen molar-refractivity contribution in [1.82, 2.24) is 0 Å². The van der Waals surface area contributed by atoms with E-state index in [2.05, 4.69) is 20.9 Å². The van der Waals surface area contributed by atoms with Crippen molar-refractivity contribution < 1.29 is 23.8 Å². The highest BCUT2D eigenvalue weighted by atomic mass is 79.9. The molecule has 7 heteroatoms. The number of hydrogen-bond acceptors (Lipinski definition) is 6. The number of halogens is 1. The van der Waals surface area contributed by atoms with Crippen molar-refractivity contribution in [2.45, 2.75) is 45.4 Å². The number of nitrogens with zero attached hydrogens (tertiary/aromatic N) is 1. The largest absolute Gasteiger partial charge is 0.465 e. The minimum absolute atomic E-state index is 0.0559. The molecule has 28 heavy (non-hydrogen) atoms. The monoisotopic (exact) mass is 447 g/mol. The lowest BCUT2D eigenvalue weighted by molar-refractivity contribution is -0.146. The second-order valence-corrected chi connectivity index (χ2v) is 8.09. The van der Waals surface area contributed by atoms with Crippen molar-refractivity contribution in [2.24, 2.45) is 10.9 Å². The maximum Gasteiger partial charge on any atom is 0.315 e. The fraction of sp³-hybridized carbons (Fsp3) is 0.476. The molecule has 2 atom stereocenters. The Morgan fingerprint density at radius 3 is 2.79 bits per heavy atom. The van der Waals surface area contributed by atoms with E-state index in [9.17, 15) is 9.59 Å². The summed E-state index contributed by atoms with van der Waals surface area (Å²) in [6.45, 7) is 4.30. The number of hydrogen-bond donors (Lipinski definition) is 0. The molecular formula is C21H22BrNO5. The molecule has 3 aliphatic rings. The first-order valence-corrected chi connectivity index (χ1v) is 10.4. The predicted octanol–water partition coefficient (Wildman–Crippen LogP) is 4.31. The highest BCUT2D eigenvalue weighted by Gasteiger charge is 2.44. The Bertz CT molecular complexity index is 904. The van der Waals surface area contributed by atoms with Gasteiger partial charge in [-0.05, 0) is 43.9 Å². The van der Waals surface area contributed by atoms with Crippen molar-refractivity contribution in [1.29, 1.82) is 0 Å². The van der Waals surface area contributed by atoms with Gasteiger partial charge in [0.15, 0.2) is 17.3 Å². The van der Waals surface area contributed by atoms with Crippen LogP contribution in [0.5, 0.6) is 11.5 Å². The van der Waals surface area contributed by atoms with Gasteiger partial charge in [-0.1, -0.05) is 22.9 Å². The molecule has 0 radical (unpaired) electrons. The normalized spacial score (nSPS) is 23.4. The quantitative estimate of drug-likeness (QED) is 0.642. The van der Waals surface area contributed by atoms with Crippen LogP contribution in [0.1, 0.15) is 51.0 Å². The number of Topliss-reactive ketones (excluding diaryl/α,β-unsaturated/α-hetero) is 1. The summed E-state index contributed by atoms with van der Waals surface area (Å²) in [6.07, 6.45) is 2.74. The molecule has 0 saturated heterocycles. The van der Waals surface area contributed by atoms with Crippen LogP contribution < -0.4 is 9.47 Å². The molecule has 0 bridgehead atoms. The van der Waals surface area contributed by atoms with E-state index in [4.69, 9.17) is 14.2 Å². The second-order valence-electron chi connectivity index (χ2n) is 7.24. The number of esters is 1. The number of benzene rings is 1. The Morgan fingerprint density at radius 2 is 2.04 bits per heavy atom. The molecule has 0 N–H and O–H groups in total. The maximum absolute atomic E-state index is 13.0. The van der Waals surface area contributed by atoms with Crippen molar-refractivity contribution in [3.05, 3.63) is 33.4 Å².